The Morgan fingerprint density at radius 3 is 2.82 bits per heavy atom. The molecule has 0 aliphatic carbocycles. The first kappa shape index (κ1) is 13.0. The van der Waals surface area contributed by atoms with Crippen molar-refractivity contribution in [3.8, 4) is 6.07 Å². The van der Waals surface area contributed by atoms with E-state index in [2.05, 4.69) is 11.1 Å². The van der Waals surface area contributed by atoms with Gasteiger partial charge < -0.3 is 10.0 Å². The second-order valence-corrected chi connectivity index (χ2v) is 3.69. The first-order valence-electron chi connectivity index (χ1n) is 5.42. The van der Waals surface area contributed by atoms with E-state index in [0.29, 0.717) is 24.5 Å². The Labute approximate surface area is 100 Å². The fourth-order valence-electron chi connectivity index (χ4n) is 1.54. The molecule has 0 atom stereocenters. The van der Waals surface area contributed by atoms with Crippen molar-refractivity contribution in [2.75, 3.05) is 18.0 Å². The first-order chi connectivity index (χ1) is 8.06. The summed E-state index contributed by atoms with van der Waals surface area (Å²) < 4.78 is 0. The predicted molar refractivity (Wildman–Crippen MR) is 63.8 cm³/mol. The van der Waals surface area contributed by atoms with E-state index in [9.17, 15) is 4.79 Å². The third-order valence-electron chi connectivity index (χ3n) is 2.37. The number of nitriles is 1. The smallest absolute Gasteiger partial charge is 0.305 e. The normalized spacial score (nSPS) is 9.71. The van der Waals surface area contributed by atoms with Gasteiger partial charge in [0, 0.05) is 18.8 Å². The van der Waals surface area contributed by atoms with Gasteiger partial charge in [-0.25, -0.2) is 4.98 Å². The molecule has 0 unspecified atom stereocenters. The molecule has 0 saturated heterocycles. The third-order valence-corrected chi connectivity index (χ3v) is 2.37. The van der Waals surface area contributed by atoms with Gasteiger partial charge in [0.05, 0.1) is 18.1 Å². The summed E-state index contributed by atoms with van der Waals surface area (Å²) in [5.41, 5.74) is 1.30. The van der Waals surface area contributed by atoms with E-state index in [4.69, 9.17) is 10.4 Å². The molecule has 0 aliphatic heterocycles. The molecule has 0 amide bonds. The summed E-state index contributed by atoms with van der Waals surface area (Å²) in [7, 11) is 0. The highest BCUT2D eigenvalue weighted by Gasteiger charge is 2.09. The maximum Gasteiger partial charge on any atom is 0.305 e. The molecule has 17 heavy (non-hydrogen) atoms. The summed E-state index contributed by atoms with van der Waals surface area (Å²) >= 11 is 0. The average molecular weight is 233 g/mol. The van der Waals surface area contributed by atoms with Crippen LogP contribution >= 0.6 is 0 Å². The summed E-state index contributed by atoms with van der Waals surface area (Å²) in [5.74, 6) is -0.179. The number of hydrogen-bond acceptors (Lipinski definition) is 4. The van der Waals surface area contributed by atoms with Gasteiger partial charge in [-0.1, -0.05) is 0 Å². The highest BCUT2D eigenvalue weighted by Crippen LogP contribution is 2.14. The second kappa shape index (κ2) is 5.85. The van der Waals surface area contributed by atoms with Gasteiger partial charge in [0.1, 0.15) is 5.82 Å². The van der Waals surface area contributed by atoms with Crippen molar-refractivity contribution in [1.29, 1.82) is 5.26 Å². The van der Waals surface area contributed by atoms with Crippen LogP contribution in [0.1, 0.15) is 24.6 Å². The van der Waals surface area contributed by atoms with Crippen molar-refractivity contribution in [3.63, 3.8) is 0 Å². The molecule has 0 saturated carbocycles. The molecule has 1 aromatic heterocycles. The zero-order valence-electron chi connectivity index (χ0n) is 9.97. The first-order valence-corrected chi connectivity index (χ1v) is 5.42. The fraction of sp³-hybridized carbons (Fsp3) is 0.417. The van der Waals surface area contributed by atoms with Gasteiger partial charge >= 0.3 is 5.97 Å². The molecule has 1 N–H and O–H groups in total. The van der Waals surface area contributed by atoms with Crippen LogP contribution in [0.15, 0.2) is 12.1 Å². The zero-order valence-corrected chi connectivity index (χ0v) is 9.97. The van der Waals surface area contributed by atoms with Gasteiger partial charge in [0.2, 0.25) is 0 Å². The summed E-state index contributed by atoms with van der Waals surface area (Å²) in [6.07, 6.45) is 0.0609. The SMILES string of the molecule is CCN(CCC(=O)O)c1cc(C#N)cc(C)n1. The van der Waals surface area contributed by atoms with Gasteiger partial charge in [0.25, 0.3) is 0 Å². The standard InChI is InChI=1S/C12H15N3O2/c1-3-15(5-4-12(16)17)11-7-10(8-13)6-9(2)14-11/h6-7H,3-5H2,1-2H3,(H,16,17). The molecule has 5 nitrogen and oxygen atoms in total. The summed E-state index contributed by atoms with van der Waals surface area (Å²) in [5, 5.41) is 17.5. The summed E-state index contributed by atoms with van der Waals surface area (Å²) in [4.78, 5) is 16.7. The Bertz CT molecular complexity index is 452. The monoisotopic (exact) mass is 233 g/mol. The van der Waals surface area contributed by atoms with Crippen molar-refractivity contribution < 1.29 is 9.90 Å². The van der Waals surface area contributed by atoms with E-state index >= 15 is 0 Å². The van der Waals surface area contributed by atoms with E-state index in [-0.39, 0.29) is 6.42 Å². The number of carboxylic acid groups (broad SMARTS) is 1. The Hall–Kier alpha value is -2.09. The Kier molecular flexibility index (Phi) is 4.46. The van der Waals surface area contributed by atoms with E-state index < -0.39 is 5.97 Å². The number of aromatic nitrogens is 1. The van der Waals surface area contributed by atoms with Crippen LogP contribution in [0, 0.1) is 18.3 Å². The van der Waals surface area contributed by atoms with Crippen LogP contribution in [-0.2, 0) is 4.79 Å². The quantitative estimate of drug-likeness (QED) is 0.835. The molecule has 90 valence electrons. The molecule has 0 spiro atoms. The molecular formula is C12H15N3O2. The molecule has 0 aliphatic rings. The molecule has 1 aromatic rings. The highest BCUT2D eigenvalue weighted by atomic mass is 16.4. The molecule has 1 heterocycles. The van der Waals surface area contributed by atoms with Crippen molar-refractivity contribution >= 4 is 11.8 Å². The number of carbonyl (C=O) groups is 1. The summed E-state index contributed by atoms with van der Waals surface area (Å²) in [6.45, 7) is 4.80. The minimum absolute atomic E-state index is 0.0609. The van der Waals surface area contributed by atoms with E-state index in [0.717, 1.165) is 5.69 Å². The molecule has 5 heteroatoms. The number of pyridine rings is 1. The van der Waals surface area contributed by atoms with Gasteiger partial charge in [0.15, 0.2) is 0 Å². The zero-order chi connectivity index (χ0) is 12.8. The van der Waals surface area contributed by atoms with Crippen LogP contribution < -0.4 is 4.90 Å². The number of aliphatic carboxylic acids is 1. The van der Waals surface area contributed by atoms with Crippen LogP contribution in [-0.4, -0.2) is 29.1 Å². The van der Waals surface area contributed by atoms with E-state index in [1.807, 2.05) is 18.7 Å². The van der Waals surface area contributed by atoms with Gasteiger partial charge in [-0.05, 0) is 26.0 Å². The summed E-state index contributed by atoms with van der Waals surface area (Å²) in [6, 6.07) is 5.45. The number of hydrogen-bond donors (Lipinski definition) is 1. The lowest BCUT2D eigenvalue weighted by Crippen LogP contribution is -2.26. The number of rotatable bonds is 5. The molecular weight excluding hydrogens is 218 g/mol. The van der Waals surface area contributed by atoms with Crippen molar-refractivity contribution in [1.82, 2.24) is 4.98 Å². The van der Waals surface area contributed by atoms with Crippen molar-refractivity contribution in [2.45, 2.75) is 20.3 Å². The number of anilines is 1. The van der Waals surface area contributed by atoms with Gasteiger partial charge in [-0.3, -0.25) is 4.79 Å². The number of nitrogens with zero attached hydrogens (tertiary/aromatic N) is 3. The van der Waals surface area contributed by atoms with E-state index in [1.54, 1.807) is 12.1 Å². The van der Waals surface area contributed by atoms with Crippen molar-refractivity contribution in [3.05, 3.63) is 23.4 Å². The van der Waals surface area contributed by atoms with Crippen LogP contribution in [0.3, 0.4) is 0 Å². The fourth-order valence-corrected chi connectivity index (χ4v) is 1.54. The van der Waals surface area contributed by atoms with Crippen LogP contribution in [0.5, 0.6) is 0 Å². The lowest BCUT2D eigenvalue weighted by molar-refractivity contribution is -0.136. The second-order valence-electron chi connectivity index (χ2n) is 3.69. The van der Waals surface area contributed by atoms with Gasteiger partial charge in [-0.15, -0.1) is 0 Å². The molecule has 1 rings (SSSR count). The van der Waals surface area contributed by atoms with Crippen LogP contribution in [0.25, 0.3) is 0 Å². The molecule has 0 bridgehead atoms. The Balaban J connectivity index is 2.91. The maximum atomic E-state index is 10.5. The van der Waals surface area contributed by atoms with Crippen molar-refractivity contribution in [2.24, 2.45) is 0 Å². The van der Waals surface area contributed by atoms with Crippen LogP contribution in [0.2, 0.25) is 0 Å². The third kappa shape index (κ3) is 3.76. The number of carboxylic acids is 1. The van der Waals surface area contributed by atoms with Crippen LogP contribution in [0.4, 0.5) is 5.82 Å². The topological polar surface area (TPSA) is 77.2 Å². The maximum absolute atomic E-state index is 10.5. The lowest BCUT2D eigenvalue weighted by Gasteiger charge is -2.21. The molecule has 0 fully saturated rings. The van der Waals surface area contributed by atoms with Gasteiger partial charge in [-0.2, -0.15) is 5.26 Å². The Morgan fingerprint density at radius 2 is 2.29 bits per heavy atom. The predicted octanol–water partition coefficient (Wildman–Crippen LogP) is 1.56. The highest BCUT2D eigenvalue weighted by molar-refractivity contribution is 5.67. The minimum atomic E-state index is -0.836. The largest absolute Gasteiger partial charge is 0.481 e. The van der Waals surface area contributed by atoms with E-state index in [1.165, 1.54) is 0 Å². The Morgan fingerprint density at radius 1 is 1.59 bits per heavy atom. The number of aryl methyl sites for hydroxylation is 1. The molecule has 0 radical (unpaired) electrons. The molecule has 0 aromatic carbocycles. The minimum Gasteiger partial charge on any atom is -0.481 e. The average Bonchev–Trinajstić information content (AvgIpc) is 2.28. The lowest BCUT2D eigenvalue weighted by atomic mass is 10.2.